The topological polar surface area (TPSA) is 71.2 Å². The van der Waals surface area contributed by atoms with Gasteiger partial charge in [-0.05, 0) is 37.0 Å². The van der Waals surface area contributed by atoms with Gasteiger partial charge in [-0.25, -0.2) is 4.68 Å². The van der Waals surface area contributed by atoms with Crippen LogP contribution in [0, 0.1) is 0 Å². The summed E-state index contributed by atoms with van der Waals surface area (Å²) in [7, 11) is 0. The number of benzene rings is 1. The minimum absolute atomic E-state index is 0.0115. The Morgan fingerprint density at radius 2 is 2.26 bits per heavy atom. The van der Waals surface area contributed by atoms with Gasteiger partial charge < -0.3 is 10.0 Å². The van der Waals surface area contributed by atoms with Gasteiger partial charge in [-0.15, -0.1) is 5.10 Å². The SMILES string of the molecule is O=C(c1cn(Cc2cccc(Cl)c2)nn1)N1CCCCC1CO. The molecule has 0 aliphatic carbocycles. The smallest absolute Gasteiger partial charge is 0.276 e. The highest BCUT2D eigenvalue weighted by Gasteiger charge is 2.28. The van der Waals surface area contributed by atoms with Crippen LogP contribution in [0.3, 0.4) is 0 Å². The van der Waals surface area contributed by atoms with Gasteiger partial charge >= 0.3 is 0 Å². The standard InChI is InChI=1S/C16H19ClN4O2/c17-13-5-3-4-12(8-13)9-20-10-15(18-19-20)16(23)21-7-2-1-6-14(21)11-22/h3-5,8,10,14,22H,1-2,6-7,9,11H2. The summed E-state index contributed by atoms with van der Waals surface area (Å²) < 4.78 is 1.62. The molecule has 0 radical (unpaired) electrons. The molecule has 1 aliphatic rings. The summed E-state index contributed by atoms with van der Waals surface area (Å²) in [5.41, 5.74) is 1.31. The first-order valence-electron chi connectivity index (χ1n) is 7.74. The molecule has 1 amide bonds. The molecular weight excluding hydrogens is 316 g/mol. The van der Waals surface area contributed by atoms with Crippen LogP contribution >= 0.6 is 11.6 Å². The van der Waals surface area contributed by atoms with Crippen LogP contribution in [-0.2, 0) is 6.54 Å². The molecule has 7 heteroatoms. The Morgan fingerprint density at radius 3 is 3.04 bits per heavy atom. The van der Waals surface area contributed by atoms with Crippen molar-refractivity contribution in [2.24, 2.45) is 0 Å². The minimum atomic E-state index is -0.166. The lowest BCUT2D eigenvalue weighted by atomic mass is 10.0. The molecule has 1 aromatic heterocycles. The lowest BCUT2D eigenvalue weighted by Gasteiger charge is -2.33. The number of amides is 1. The Hall–Kier alpha value is -1.92. The summed E-state index contributed by atoms with van der Waals surface area (Å²) in [6.07, 6.45) is 4.47. The zero-order valence-electron chi connectivity index (χ0n) is 12.7. The van der Waals surface area contributed by atoms with Gasteiger partial charge in [-0.2, -0.15) is 0 Å². The molecular formula is C16H19ClN4O2. The molecule has 2 aromatic rings. The highest BCUT2D eigenvalue weighted by Crippen LogP contribution is 2.19. The van der Waals surface area contributed by atoms with Crippen LogP contribution in [0.4, 0.5) is 0 Å². The molecule has 3 rings (SSSR count). The number of halogens is 1. The lowest BCUT2D eigenvalue weighted by Crippen LogP contribution is -2.45. The number of carbonyl (C=O) groups is 1. The average molecular weight is 335 g/mol. The third-order valence-electron chi connectivity index (χ3n) is 4.09. The van der Waals surface area contributed by atoms with Crippen molar-refractivity contribution < 1.29 is 9.90 Å². The molecule has 2 heterocycles. The number of piperidine rings is 1. The average Bonchev–Trinajstić information content (AvgIpc) is 3.02. The van der Waals surface area contributed by atoms with Crippen molar-refractivity contribution in [2.45, 2.75) is 31.8 Å². The van der Waals surface area contributed by atoms with Crippen molar-refractivity contribution in [3.05, 3.63) is 46.7 Å². The number of aliphatic hydroxyl groups is 1. The summed E-state index contributed by atoms with van der Waals surface area (Å²) in [5.74, 6) is -0.166. The van der Waals surface area contributed by atoms with E-state index in [1.165, 1.54) is 0 Å². The Balaban J connectivity index is 1.72. The molecule has 1 saturated heterocycles. The summed E-state index contributed by atoms with van der Waals surface area (Å²) >= 11 is 5.97. The summed E-state index contributed by atoms with van der Waals surface area (Å²) in [4.78, 5) is 14.3. The van der Waals surface area contributed by atoms with Crippen molar-refractivity contribution in [3.8, 4) is 0 Å². The maximum absolute atomic E-state index is 12.6. The van der Waals surface area contributed by atoms with Crippen molar-refractivity contribution in [2.75, 3.05) is 13.2 Å². The van der Waals surface area contributed by atoms with E-state index in [1.54, 1.807) is 15.8 Å². The van der Waals surface area contributed by atoms with E-state index in [4.69, 9.17) is 11.6 Å². The number of likely N-dealkylation sites (tertiary alicyclic amines) is 1. The van der Waals surface area contributed by atoms with Gasteiger partial charge in [0.15, 0.2) is 5.69 Å². The van der Waals surface area contributed by atoms with E-state index in [2.05, 4.69) is 10.3 Å². The van der Waals surface area contributed by atoms with Gasteiger partial charge in [0.2, 0.25) is 0 Å². The van der Waals surface area contributed by atoms with E-state index >= 15 is 0 Å². The number of aliphatic hydroxyl groups excluding tert-OH is 1. The zero-order valence-corrected chi connectivity index (χ0v) is 13.5. The van der Waals surface area contributed by atoms with E-state index in [1.807, 2.05) is 24.3 Å². The molecule has 0 spiro atoms. The van der Waals surface area contributed by atoms with Crippen LogP contribution < -0.4 is 0 Å². The first kappa shape index (κ1) is 16.0. The molecule has 0 bridgehead atoms. The third kappa shape index (κ3) is 3.71. The predicted octanol–water partition coefficient (Wildman–Crippen LogP) is 1.97. The van der Waals surface area contributed by atoms with Gasteiger partial charge in [-0.1, -0.05) is 28.9 Å². The van der Waals surface area contributed by atoms with Crippen LogP contribution in [0.15, 0.2) is 30.5 Å². The van der Waals surface area contributed by atoms with Gasteiger partial charge in [-0.3, -0.25) is 4.79 Å². The van der Waals surface area contributed by atoms with Crippen LogP contribution in [0.2, 0.25) is 5.02 Å². The number of aromatic nitrogens is 3. The molecule has 1 N–H and O–H groups in total. The van der Waals surface area contributed by atoms with Crippen LogP contribution in [0.1, 0.15) is 35.3 Å². The molecule has 0 saturated carbocycles. The van der Waals surface area contributed by atoms with Crippen molar-refractivity contribution in [1.29, 1.82) is 0 Å². The molecule has 1 aliphatic heterocycles. The normalized spacial score (nSPS) is 18.2. The van der Waals surface area contributed by atoms with E-state index in [9.17, 15) is 9.90 Å². The second-order valence-corrected chi connectivity index (χ2v) is 6.20. The quantitative estimate of drug-likeness (QED) is 0.928. The molecule has 1 unspecified atom stereocenters. The Morgan fingerprint density at radius 1 is 1.39 bits per heavy atom. The third-order valence-corrected chi connectivity index (χ3v) is 4.33. The second kappa shape index (κ2) is 7.10. The Labute approximate surface area is 139 Å². The summed E-state index contributed by atoms with van der Waals surface area (Å²) in [5, 5.41) is 18.1. The number of nitrogens with zero attached hydrogens (tertiary/aromatic N) is 4. The molecule has 1 atom stereocenters. The predicted molar refractivity (Wildman–Crippen MR) is 86.3 cm³/mol. The maximum Gasteiger partial charge on any atom is 0.276 e. The van der Waals surface area contributed by atoms with E-state index in [-0.39, 0.29) is 18.6 Å². The number of rotatable bonds is 4. The fourth-order valence-electron chi connectivity index (χ4n) is 2.90. The first-order chi connectivity index (χ1) is 11.2. The van der Waals surface area contributed by atoms with Gasteiger partial charge in [0, 0.05) is 11.6 Å². The van der Waals surface area contributed by atoms with Crippen LogP contribution in [-0.4, -0.2) is 50.1 Å². The molecule has 122 valence electrons. The monoisotopic (exact) mass is 334 g/mol. The molecule has 1 fully saturated rings. The fraction of sp³-hybridized carbons (Fsp3) is 0.438. The summed E-state index contributed by atoms with van der Waals surface area (Å²) in [6, 6.07) is 7.38. The number of hydrogen-bond donors (Lipinski definition) is 1. The van der Waals surface area contributed by atoms with Crippen molar-refractivity contribution in [3.63, 3.8) is 0 Å². The second-order valence-electron chi connectivity index (χ2n) is 5.76. The van der Waals surface area contributed by atoms with Gasteiger partial charge in [0.25, 0.3) is 5.91 Å². The highest BCUT2D eigenvalue weighted by molar-refractivity contribution is 6.30. The van der Waals surface area contributed by atoms with Gasteiger partial charge in [0.1, 0.15) is 0 Å². The summed E-state index contributed by atoms with van der Waals surface area (Å²) in [6.45, 7) is 1.15. The molecule has 23 heavy (non-hydrogen) atoms. The van der Waals surface area contributed by atoms with Crippen LogP contribution in [0.25, 0.3) is 0 Å². The zero-order chi connectivity index (χ0) is 16.2. The lowest BCUT2D eigenvalue weighted by molar-refractivity contribution is 0.0497. The molecule has 1 aromatic carbocycles. The van der Waals surface area contributed by atoms with E-state index < -0.39 is 0 Å². The van der Waals surface area contributed by atoms with Gasteiger partial charge in [0.05, 0.1) is 25.4 Å². The minimum Gasteiger partial charge on any atom is -0.394 e. The highest BCUT2D eigenvalue weighted by atomic mass is 35.5. The van der Waals surface area contributed by atoms with E-state index in [0.717, 1.165) is 24.8 Å². The van der Waals surface area contributed by atoms with Crippen molar-refractivity contribution in [1.82, 2.24) is 19.9 Å². The first-order valence-corrected chi connectivity index (χ1v) is 8.11. The number of carbonyl (C=O) groups excluding carboxylic acids is 1. The van der Waals surface area contributed by atoms with E-state index in [0.29, 0.717) is 23.8 Å². The van der Waals surface area contributed by atoms with Crippen molar-refractivity contribution >= 4 is 17.5 Å². The maximum atomic E-state index is 12.6. The largest absolute Gasteiger partial charge is 0.394 e. The Bertz CT molecular complexity index is 688. The fourth-order valence-corrected chi connectivity index (χ4v) is 3.11. The molecule has 6 nitrogen and oxygen atoms in total. The number of hydrogen-bond acceptors (Lipinski definition) is 4. The Kier molecular flexibility index (Phi) is 4.93. The van der Waals surface area contributed by atoms with Crippen LogP contribution in [0.5, 0.6) is 0 Å².